The van der Waals surface area contributed by atoms with Crippen LogP contribution >= 0.6 is 11.3 Å². The third kappa shape index (κ3) is 4.41. The second-order valence-electron chi connectivity index (χ2n) is 6.05. The molecule has 0 radical (unpaired) electrons. The molecule has 0 saturated carbocycles. The Balaban J connectivity index is 2.24. The summed E-state index contributed by atoms with van der Waals surface area (Å²) in [7, 11) is 1.27. The molecule has 0 fully saturated rings. The molecule has 26 heavy (non-hydrogen) atoms. The van der Waals surface area contributed by atoms with Crippen LogP contribution in [0.15, 0.2) is 24.3 Å². The van der Waals surface area contributed by atoms with Crippen LogP contribution in [0.5, 0.6) is 5.75 Å². The van der Waals surface area contributed by atoms with Crippen LogP contribution in [0.3, 0.4) is 0 Å². The van der Waals surface area contributed by atoms with Gasteiger partial charge in [-0.25, -0.2) is 4.79 Å². The van der Waals surface area contributed by atoms with Crippen LogP contribution in [-0.4, -0.2) is 25.6 Å². The maximum Gasteiger partial charge on any atom is 0.348 e. The van der Waals surface area contributed by atoms with Gasteiger partial charge in [0, 0.05) is 5.56 Å². The number of benzene rings is 1. The number of thiophene rings is 1. The number of nitrogens with one attached hydrogen (secondary N) is 1. The summed E-state index contributed by atoms with van der Waals surface area (Å²) in [5.41, 5.74) is 1.16. The lowest BCUT2D eigenvalue weighted by atomic mass is 10.1. The van der Waals surface area contributed by atoms with Gasteiger partial charge >= 0.3 is 5.97 Å². The molecule has 2 rings (SSSR count). The van der Waals surface area contributed by atoms with Crippen molar-refractivity contribution in [1.29, 1.82) is 5.26 Å². The first-order chi connectivity index (χ1) is 12.4. The minimum Gasteiger partial charge on any atom is -0.493 e. The van der Waals surface area contributed by atoms with E-state index in [-0.39, 0.29) is 11.5 Å². The number of methoxy groups -OCH3 is 1. The van der Waals surface area contributed by atoms with Gasteiger partial charge in [-0.1, -0.05) is 19.9 Å². The van der Waals surface area contributed by atoms with Gasteiger partial charge in [0.25, 0.3) is 5.91 Å². The maximum absolute atomic E-state index is 12.5. The number of carbonyl (C=O) groups is 2. The smallest absolute Gasteiger partial charge is 0.348 e. The van der Waals surface area contributed by atoms with Gasteiger partial charge in [-0.15, -0.1) is 11.3 Å². The van der Waals surface area contributed by atoms with E-state index in [1.54, 1.807) is 31.2 Å². The lowest BCUT2D eigenvalue weighted by Crippen LogP contribution is -2.12. The highest BCUT2D eigenvalue weighted by Crippen LogP contribution is 2.33. The molecule has 1 N–H and O–H groups in total. The van der Waals surface area contributed by atoms with E-state index in [0.717, 1.165) is 11.3 Å². The highest BCUT2D eigenvalue weighted by atomic mass is 32.1. The first-order valence-electron chi connectivity index (χ1n) is 8.03. The van der Waals surface area contributed by atoms with Gasteiger partial charge in [0.05, 0.1) is 19.3 Å². The summed E-state index contributed by atoms with van der Waals surface area (Å²) in [6, 6.07) is 8.84. The third-order valence-electron chi connectivity index (χ3n) is 3.54. The third-order valence-corrected chi connectivity index (χ3v) is 4.72. The Bertz CT molecular complexity index is 865. The SMILES string of the molecule is COC(=O)c1sc(NC(=O)c2cccc(OCC(C)C)c2)c(C#N)c1C. The van der Waals surface area contributed by atoms with E-state index in [9.17, 15) is 14.9 Å². The number of hydrogen-bond donors (Lipinski definition) is 1. The fourth-order valence-electron chi connectivity index (χ4n) is 2.19. The van der Waals surface area contributed by atoms with Crippen LogP contribution in [0, 0.1) is 24.2 Å². The predicted molar refractivity (Wildman–Crippen MR) is 99.8 cm³/mol. The molecule has 0 atom stereocenters. The molecule has 1 amide bonds. The summed E-state index contributed by atoms with van der Waals surface area (Å²) in [6.07, 6.45) is 0. The van der Waals surface area contributed by atoms with Crippen LogP contribution in [0.1, 0.15) is 45.0 Å². The summed E-state index contributed by atoms with van der Waals surface area (Å²) < 4.78 is 10.3. The Morgan fingerprint density at radius 1 is 1.35 bits per heavy atom. The molecule has 0 aliphatic rings. The summed E-state index contributed by atoms with van der Waals surface area (Å²) in [6.45, 7) is 6.28. The Morgan fingerprint density at radius 2 is 2.08 bits per heavy atom. The van der Waals surface area contributed by atoms with E-state index < -0.39 is 5.97 Å². The fraction of sp³-hybridized carbons (Fsp3) is 0.316. The van der Waals surface area contributed by atoms with Crippen LogP contribution in [0.25, 0.3) is 0 Å². The zero-order valence-corrected chi connectivity index (χ0v) is 15.9. The molecule has 2 aromatic rings. The van der Waals surface area contributed by atoms with Crippen molar-refractivity contribution in [2.24, 2.45) is 5.92 Å². The summed E-state index contributed by atoms with van der Waals surface area (Å²) in [4.78, 5) is 24.6. The lowest BCUT2D eigenvalue weighted by molar-refractivity contribution is 0.0605. The number of nitrogens with zero attached hydrogens (tertiary/aromatic N) is 1. The standard InChI is InChI=1S/C19H20N2O4S/c1-11(2)10-25-14-7-5-6-13(8-14)17(22)21-18-15(9-20)12(3)16(26-18)19(23)24-4/h5-8,11H,10H2,1-4H3,(H,21,22). The van der Waals surface area contributed by atoms with Crippen molar-refractivity contribution < 1.29 is 19.1 Å². The molecule has 0 unspecified atom stereocenters. The molecule has 0 aliphatic heterocycles. The van der Waals surface area contributed by atoms with Crippen LogP contribution < -0.4 is 10.1 Å². The lowest BCUT2D eigenvalue weighted by Gasteiger charge is -2.10. The maximum atomic E-state index is 12.5. The number of amides is 1. The largest absolute Gasteiger partial charge is 0.493 e. The Kier molecular flexibility index (Phi) is 6.36. The monoisotopic (exact) mass is 372 g/mol. The minimum absolute atomic E-state index is 0.260. The molecular formula is C19H20N2O4S. The van der Waals surface area contributed by atoms with E-state index in [2.05, 4.69) is 5.32 Å². The summed E-state index contributed by atoms with van der Waals surface area (Å²) in [5, 5.41) is 12.4. The Morgan fingerprint density at radius 3 is 2.69 bits per heavy atom. The van der Waals surface area contributed by atoms with Gasteiger partial charge in [0.15, 0.2) is 0 Å². The van der Waals surface area contributed by atoms with E-state index >= 15 is 0 Å². The Labute approximate surface area is 156 Å². The van der Waals surface area contributed by atoms with Crippen LogP contribution in [0.4, 0.5) is 5.00 Å². The number of ether oxygens (including phenoxy) is 2. The van der Waals surface area contributed by atoms with Crippen LogP contribution in [-0.2, 0) is 4.74 Å². The van der Waals surface area contributed by atoms with E-state index in [1.807, 2.05) is 19.9 Å². The van der Waals surface area contributed by atoms with E-state index in [0.29, 0.717) is 39.3 Å². The Hall–Kier alpha value is -2.85. The minimum atomic E-state index is -0.534. The van der Waals surface area contributed by atoms with Gasteiger partial charge in [-0.05, 0) is 36.6 Å². The second kappa shape index (κ2) is 8.50. The molecule has 1 aromatic carbocycles. The number of rotatable bonds is 6. The molecule has 0 aliphatic carbocycles. The van der Waals surface area contributed by atoms with Gasteiger partial charge in [-0.2, -0.15) is 5.26 Å². The molecule has 1 heterocycles. The number of nitriles is 1. The highest BCUT2D eigenvalue weighted by Gasteiger charge is 2.22. The number of esters is 1. The normalized spacial score (nSPS) is 10.3. The van der Waals surface area contributed by atoms with Crippen molar-refractivity contribution >= 4 is 28.2 Å². The van der Waals surface area contributed by atoms with Crippen molar-refractivity contribution in [1.82, 2.24) is 0 Å². The number of carbonyl (C=O) groups excluding carboxylic acids is 2. The fourth-order valence-corrected chi connectivity index (χ4v) is 3.26. The van der Waals surface area contributed by atoms with Crippen LogP contribution in [0.2, 0.25) is 0 Å². The van der Waals surface area contributed by atoms with Gasteiger partial charge in [-0.3, -0.25) is 4.79 Å². The quantitative estimate of drug-likeness (QED) is 0.774. The summed E-state index contributed by atoms with van der Waals surface area (Å²) >= 11 is 1.02. The van der Waals surface area contributed by atoms with E-state index in [1.165, 1.54) is 7.11 Å². The number of anilines is 1. The average molecular weight is 372 g/mol. The van der Waals surface area contributed by atoms with Gasteiger partial charge in [0.2, 0.25) is 0 Å². The molecule has 1 aromatic heterocycles. The molecule has 0 bridgehead atoms. The first-order valence-corrected chi connectivity index (χ1v) is 8.85. The van der Waals surface area contributed by atoms with E-state index in [4.69, 9.17) is 9.47 Å². The molecule has 0 spiro atoms. The summed E-state index contributed by atoms with van der Waals surface area (Å²) in [5.74, 6) is 0.0590. The van der Waals surface area contributed by atoms with Crippen molar-refractivity contribution in [2.75, 3.05) is 19.0 Å². The number of hydrogen-bond acceptors (Lipinski definition) is 6. The van der Waals surface area contributed by atoms with Crippen molar-refractivity contribution in [3.05, 3.63) is 45.8 Å². The van der Waals surface area contributed by atoms with Gasteiger partial charge < -0.3 is 14.8 Å². The topological polar surface area (TPSA) is 88.4 Å². The van der Waals surface area contributed by atoms with Crippen molar-refractivity contribution in [3.8, 4) is 11.8 Å². The molecular weight excluding hydrogens is 352 g/mol. The first kappa shape index (κ1) is 19.5. The zero-order valence-electron chi connectivity index (χ0n) is 15.1. The van der Waals surface area contributed by atoms with Gasteiger partial charge in [0.1, 0.15) is 21.7 Å². The second-order valence-corrected chi connectivity index (χ2v) is 7.07. The van der Waals surface area contributed by atoms with Crippen molar-refractivity contribution in [3.63, 3.8) is 0 Å². The van der Waals surface area contributed by atoms with Crippen molar-refractivity contribution in [2.45, 2.75) is 20.8 Å². The molecule has 0 saturated heterocycles. The molecule has 136 valence electrons. The molecule has 7 heteroatoms. The average Bonchev–Trinajstić information content (AvgIpc) is 2.94. The zero-order chi connectivity index (χ0) is 19.3. The highest BCUT2D eigenvalue weighted by molar-refractivity contribution is 7.18. The predicted octanol–water partition coefficient (Wildman–Crippen LogP) is 4.00. The molecule has 6 nitrogen and oxygen atoms in total.